The van der Waals surface area contributed by atoms with Crippen molar-refractivity contribution in [1.82, 2.24) is 0 Å². The highest BCUT2D eigenvalue weighted by Gasteiger charge is 2.41. The average molecular weight is 172 g/mol. The van der Waals surface area contributed by atoms with E-state index in [9.17, 15) is 4.79 Å². The molecule has 0 amide bonds. The lowest BCUT2D eigenvalue weighted by molar-refractivity contribution is -0.123. The molecule has 0 bridgehead atoms. The summed E-state index contributed by atoms with van der Waals surface area (Å²) < 4.78 is 0. The Morgan fingerprint density at radius 1 is 1.73 bits per heavy atom. The van der Waals surface area contributed by atoms with E-state index in [-0.39, 0.29) is 5.78 Å². The Balaban J connectivity index is 2.75. The van der Waals surface area contributed by atoms with Crippen molar-refractivity contribution in [1.29, 1.82) is 5.26 Å². The van der Waals surface area contributed by atoms with Gasteiger partial charge in [0.25, 0.3) is 0 Å². The molecule has 2 nitrogen and oxygen atoms in total. The fraction of sp³-hybridized carbons (Fsp3) is 0.750. The van der Waals surface area contributed by atoms with E-state index in [0.29, 0.717) is 25.1 Å². The minimum Gasteiger partial charge on any atom is -0.298 e. The van der Waals surface area contributed by atoms with Crippen molar-refractivity contribution in [3.63, 3.8) is 0 Å². The van der Waals surface area contributed by atoms with Gasteiger partial charge in [0.2, 0.25) is 0 Å². The molecule has 1 aliphatic rings. The molecule has 1 unspecified atom stereocenters. The lowest BCUT2D eigenvalue weighted by Crippen LogP contribution is -2.23. The van der Waals surface area contributed by atoms with Crippen LogP contribution in [0.15, 0.2) is 0 Å². The average Bonchev–Trinajstić information content (AvgIpc) is 2.35. The fourth-order valence-electron chi connectivity index (χ4n) is 1.53. The molecular formula is C8H10ClNO. The third-order valence-electron chi connectivity index (χ3n) is 2.28. The molecule has 1 atom stereocenters. The number of ketones is 1. The van der Waals surface area contributed by atoms with E-state index in [1.54, 1.807) is 0 Å². The maximum atomic E-state index is 11.2. The van der Waals surface area contributed by atoms with E-state index in [0.717, 1.165) is 6.42 Å². The van der Waals surface area contributed by atoms with E-state index in [1.807, 2.05) is 0 Å². The number of nitriles is 1. The number of nitrogens with zero attached hydrogens (tertiary/aromatic N) is 1. The molecule has 1 saturated carbocycles. The number of carbonyl (C=O) groups is 1. The summed E-state index contributed by atoms with van der Waals surface area (Å²) in [5.41, 5.74) is -0.720. The molecule has 3 heteroatoms. The Morgan fingerprint density at radius 2 is 2.45 bits per heavy atom. The molecule has 11 heavy (non-hydrogen) atoms. The largest absolute Gasteiger partial charge is 0.298 e. The van der Waals surface area contributed by atoms with Crippen molar-refractivity contribution in [2.24, 2.45) is 5.41 Å². The quantitative estimate of drug-likeness (QED) is 0.596. The van der Waals surface area contributed by atoms with Crippen LogP contribution >= 0.6 is 11.6 Å². The highest BCUT2D eigenvalue weighted by molar-refractivity contribution is 6.18. The predicted octanol–water partition coefficient (Wildman–Crippen LogP) is 1.88. The highest BCUT2D eigenvalue weighted by atomic mass is 35.5. The fourth-order valence-corrected chi connectivity index (χ4v) is 1.85. The van der Waals surface area contributed by atoms with Crippen molar-refractivity contribution in [2.45, 2.75) is 25.7 Å². The van der Waals surface area contributed by atoms with Gasteiger partial charge in [-0.2, -0.15) is 5.26 Å². The van der Waals surface area contributed by atoms with E-state index >= 15 is 0 Å². The highest BCUT2D eigenvalue weighted by Crippen LogP contribution is 2.37. The predicted molar refractivity (Wildman–Crippen MR) is 42.2 cm³/mol. The standard InChI is InChI=1S/C8H10ClNO/c9-5-4-8(6-10)3-1-2-7(8)11/h1-5H2. The monoisotopic (exact) mass is 171 g/mol. The lowest BCUT2D eigenvalue weighted by atomic mass is 9.84. The van der Waals surface area contributed by atoms with Gasteiger partial charge in [0.1, 0.15) is 5.41 Å². The summed E-state index contributed by atoms with van der Waals surface area (Å²) in [5, 5.41) is 8.79. The van der Waals surface area contributed by atoms with Gasteiger partial charge in [-0.3, -0.25) is 4.79 Å². The molecule has 0 saturated heterocycles. The van der Waals surface area contributed by atoms with Gasteiger partial charge in [-0.25, -0.2) is 0 Å². The zero-order valence-corrected chi connectivity index (χ0v) is 7.02. The molecule has 0 spiro atoms. The van der Waals surface area contributed by atoms with Gasteiger partial charge in [0.15, 0.2) is 5.78 Å². The molecule has 0 aromatic rings. The molecule has 1 fully saturated rings. The van der Waals surface area contributed by atoms with Crippen molar-refractivity contribution < 1.29 is 4.79 Å². The van der Waals surface area contributed by atoms with Crippen molar-refractivity contribution in [2.75, 3.05) is 5.88 Å². The van der Waals surface area contributed by atoms with Crippen LogP contribution in [0.1, 0.15) is 25.7 Å². The maximum Gasteiger partial charge on any atom is 0.153 e. The van der Waals surface area contributed by atoms with Gasteiger partial charge < -0.3 is 0 Å². The summed E-state index contributed by atoms with van der Waals surface area (Å²) in [4.78, 5) is 11.2. The summed E-state index contributed by atoms with van der Waals surface area (Å²) in [5.74, 6) is 0.486. The summed E-state index contributed by atoms with van der Waals surface area (Å²) in [6.07, 6.45) is 2.63. The topological polar surface area (TPSA) is 40.9 Å². The van der Waals surface area contributed by atoms with Crippen LogP contribution in [0.4, 0.5) is 0 Å². The Labute approximate surface area is 71.1 Å². The first-order chi connectivity index (χ1) is 5.25. The van der Waals surface area contributed by atoms with Crippen LogP contribution in [-0.4, -0.2) is 11.7 Å². The molecule has 0 heterocycles. The number of halogens is 1. The second kappa shape index (κ2) is 3.23. The van der Waals surface area contributed by atoms with E-state index in [4.69, 9.17) is 16.9 Å². The third-order valence-corrected chi connectivity index (χ3v) is 2.47. The smallest absolute Gasteiger partial charge is 0.153 e. The van der Waals surface area contributed by atoms with Crippen LogP contribution < -0.4 is 0 Å². The molecule has 60 valence electrons. The number of hydrogen-bond donors (Lipinski definition) is 0. The summed E-state index contributed by atoms with van der Waals surface area (Å²) in [6.45, 7) is 0. The number of carbonyl (C=O) groups excluding carboxylic acids is 1. The van der Waals surface area contributed by atoms with Crippen LogP contribution in [-0.2, 0) is 4.79 Å². The molecule has 1 rings (SSSR count). The van der Waals surface area contributed by atoms with Gasteiger partial charge in [-0.1, -0.05) is 0 Å². The van der Waals surface area contributed by atoms with E-state index in [1.165, 1.54) is 0 Å². The van der Waals surface area contributed by atoms with Crippen LogP contribution in [0.2, 0.25) is 0 Å². The van der Waals surface area contributed by atoms with Crippen molar-refractivity contribution in [3.05, 3.63) is 0 Å². The molecule has 1 aliphatic carbocycles. The van der Waals surface area contributed by atoms with E-state index < -0.39 is 5.41 Å². The lowest BCUT2D eigenvalue weighted by Gasteiger charge is -2.15. The SMILES string of the molecule is N#CC1(CCCl)CCCC1=O. The second-order valence-corrected chi connectivity index (χ2v) is 3.29. The summed E-state index contributed by atoms with van der Waals surface area (Å²) >= 11 is 5.51. The second-order valence-electron chi connectivity index (χ2n) is 2.91. The third kappa shape index (κ3) is 1.39. The summed E-state index contributed by atoms with van der Waals surface area (Å²) in [7, 11) is 0. The normalized spacial score (nSPS) is 30.4. The Bertz CT molecular complexity index is 209. The Hall–Kier alpha value is -0.550. The minimum atomic E-state index is -0.720. The van der Waals surface area contributed by atoms with Crippen LogP contribution in [0.25, 0.3) is 0 Å². The van der Waals surface area contributed by atoms with Crippen molar-refractivity contribution >= 4 is 17.4 Å². The van der Waals surface area contributed by atoms with Gasteiger partial charge >= 0.3 is 0 Å². The zero-order valence-electron chi connectivity index (χ0n) is 6.27. The van der Waals surface area contributed by atoms with Gasteiger partial charge in [0, 0.05) is 12.3 Å². The maximum absolute atomic E-state index is 11.2. The van der Waals surface area contributed by atoms with Crippen LogP contribution in [0.3, 0.4) is 0 Å². The van der Waals surface area contributed by atoms with Gasteiger partial charge in [-0.15, -0.1) is 11.6 Å². The van der Waals surface area contributed by atoms with Gasteiger partial charge in [-0.05, 0) is 19.3 Å². The first-order valence-electron chi connectivity index (χ1n) is 3.76. The number of rotatable bonds is 2. The number of alkyl halides is 1. The first-order valence-corrected chi connectivity index (χ1v) is 4.29. The Morgan fingerprint density at radius 3 is 2.82 bits per heavy atom. The first kappa shape index (κ1) is 8.55. The molecule has 0 aromatic heterocycles. The summed E-state index contributed by atoms with van der Waals surface area (Å²) in [6, 6.07) is 2.09. The van der Waals surface area contributed by atoms with Crippen LogP contribution in [0.5, 0.6) is 0 Å². The minimum absolute atomic E-state index is 0.0839. The van der Waals surface area contributed by atoms with Crippen LogP contribution in [0, 0.1) is 16.7 Å². The Kier molecular flexibility index (Phi) is 2.51. The molecular weight excluding hydrogens is 162 g/mol. The van der Waals surface area contributed by atoms with Crippen molar-refractivity contribution in [3.8, 4) is 6.07 Å². The number of hydrogen-bond acceptors (Lipinski definition) is 2. The molecule has 0 aliphatic heterocycles. The van der Waals surface area contributed by atoms with Gasteiger partial charge in [0.05, 0.1) is 6.07 Å². The zero-order chi connectivity index (χ0) is 8.32. The van der Waals surface area contributed by atoms with E-state index in [2.05, 4.69) is 6.07 Å². The number of Topliss-reactive ketones (excluding diaryl/α,β-unsaturated/α-hetero) is 1. The molecule has 0 N–H and O–H groups in total. The molecule has 0 radical (unpaired) electrons. The molecule has 0 aromatic carbocycles.